The Morgan fingerprint density at radius 1 is 1.60 bits per heavy atom. The van der Waals surface area contributed by atoms with E-state index in [9.17, 15) is 0 Å². The van der Waals surface area contributed by atoms with Gasteiger partial charge in [0.25, 0.3) is 0 Å². The molecular formula is C5HBrClN3. The van der Waals surface area contributed by atoms with Crippen molar-refractivity contribution < 1.29 is 0 Å². The maximum atomic E-state index is 8.38. The molecule has 0 saturated carbocycles. The SMILES string of the molecule is N#Cc1nnc(Cl)cc1Br. The highest BCUT2D eigenvalue weighted by Crippen LogP contribution is 2.15. The summed E-state index contributed by atoms with van der Waals surface area (Å²) in [7, 11) is 0. The van der Waals surface area contributed by atoms with Gasteiger partial charge in [0.15, 0.2) is 10.8 Å². The third-order valence-corrected chi connectivity index (χ3v) is 1.61. The summed E-state index contributed by atoms with van der Waals surface area (Å²) in [5.74, 6) is 0. The van der Waals surface area contributed by atoms with Crippen LogP contribution < -0.4 is 0 Å². The fraction of sp³-hybridized carbons (Fsp3) is 0. The van der Waals surface area contributed by atoms with E-state index in [0.29, 0.717) is 4.47 Å². The van der Waals surface area contributed by atoms with E-state index in [1.54, 1.807) is 0 Å². The van der Waals surface area contributed by atoms with E-state index < -0.39 is 0 Å². The summed E-state index contributed by atoms with van der Waals surface area (Å²) in [4.78, 5) is 0. The van der Waals surface area contributed by atoms with Crippen molar-refractivity contribution in [2.75, 3.05) is 0 Å². The van der Waals surface area contributed by atoms with Crippen LogP contribution in [0.25, 0.3) is 0 Å². The minimum Gasteiger partial charge on any atom is -0.191 e. The molecule has 5 heteroatoms. The average Bonchev–Trinajstić information content (AvgIpc) is 1.88. The van der Waals surface area contributed by atoms with Gasteiger partial charge in [-0.15, -0.1) is 10.2 Å². The maximum Gasteiger partial charge on any atom is 0.177 e. The second-order valence-electron chi connectivity index (χ2n) is 1.48. The average molecular weight is 218 g/mol. The van der Waals surface area contributed by atoms with Gasteiger partial charge in [0.2, 0.25) is 0 Å². The second kappa shape index (κ2) is 2.95. The van der Waals surface area contributed by atoms with Crippen LogP contribution in [0.5, 0.6) is 0 Å². The first-order valence-electron chi connectivity index (χ1n) is 2.33. The van der Waals surface area contributed by atoms with Gasteiger partial charge in [-0.1, -0.05) is 11.6 Å². The fourth-order valence-electron chi connectivity index (χ4n) is 0.423. The first kappa shape index (κ1) is 7.45. The molecule has 0 saturated heterocycles. The van der Waals surface area contributed by atoms with Crippen LogP contribution in [0.4, 0.5) is 0 Å². The topological polar surface area (TPSA) is 49.6 Å². The van der Waals surface area contributed by atoms with E-state index in [2.05, 4.69) is 26.1 Å². The van der Waals surface area contributed by atoms with Crippen LogP contribution in [0.15, 0.2) is 10.5 Å². The van der Waals surface area contributed by atoms with Gasteiger partial charge in [-0.25, -0.2) is 0 Å². The second-order valence-corrected chi connectivity index (χ2v) is 2.72. The maximum absolute atomic E-state index is 8.38. The summed E-state index contributed by atoms with van der Waals surface area (Å²) in [6.45, 7) is 0. The zero-order valence-electron chi connectivity index (χ0n) is 4.67. The quantitative estimate of drug-likeness (QED) is 0.667. The number of rotatable bonds is 0. The molecule has 1 aromatic heterocycles. The van der Waals surface area contributed by atoms with E-state index in [4.69, 9.17) is 16.9 Å². The number of nitrogens with zero attached hydrogens (tertiary/aromatic N) is 3. The van der Waals surface area contributed by atoms with Gasteiger partial charge >= 0.3 is 0 Å². The summed E-state index contributed by atoms with van der Waals surface area (Å²) in [6.07, 6.45) is 0. The molecule has 0 aliphatic carbocycles. The summed E-state index contributed by atoms with van der Waals surface area (Å²) < 4.78 is 0.565. The van der Waals surface area contributed by atoms with Crippen molar-refractivity contribution in [1.82, 2.24) is 10.2 Å². The monoisotopic (exact) mass is 217 g/mol. The molecule has 0 aromatic carbocycles. The lowest BCUT2D eigenvalue weighted by atomic mass is 10.4. The normalized spacial score (nSPS) is 8.90. The number of nitriles is 1. The Hall–Kier alpha value is -0.660. The Labute approximate surface area is 70.8 Å². The first-order chi connectivity index (χ1) is 4.74. The van der Waals surface area contributed by atoms with E-state index in [1.807, 2.05) is 6.07 Å². The molecule has 0 aliphatic heterocycles. The molecule has 0 atom stereocenters. The minimum absolute atomic E-state index is 0.240. The van der Waals surface area contributed by atoms with Gasteiger partial charge in [0, 0.05) is 0 Å². The van der Waals surface area contributed by atoms with Crippen LogP contribution in [0.3, 0.4) is 0 Å². The van der Waals surface area contributed by atoms with Gasteiger partial charge < -0.3 is 0 Å². The molecule has 0 aliphatic rings. The molecule has 1 rings (SSSR count). The predicted molar refractivity (Wildman–Crippen MR) is 39.5 cm³/mol. The van der Waals surface area contributed by atoms with Crippen molar-refractivity contribution in [3.63, 3.8) is 0 Å². The van der Waals surface area contributed by atoms with Gasteiger partial charge in [-0.3, -0.25) is 0 Å². The van der Waals surface area contributed by atoms with Crippen molar-refractivity contribution >= 4 is 27.5 Å². The lowest BCUT2D eigenvalue weighted by Gasteiger charge is -1.90. The Morgan fingerprint density at radius 3 is 2.80 bits per heavy atom. The number of hydrogen-bond acceptors (Lipinski definition) is 3. The zero-order chi connectivity index (χ0) is 7.56. The largest absolute Gasteiger partial charge is 0.191 e. The predicted octanol–water partition coefficient (Wildman–Crippen LogP) is 1.76. The summed E-state index contributed by atoms with van der Waals surface area (Å²) in [5, 5.41) is 15.6. The fourth-order valence-corrected chi connectivity index (χ4v) is 1.09. The van der Waals surface area contributed by atoms with Crippen molar-refractivity contribution in [2.45, 2.75) is 0 Å². The first-order valence-corrected chi connectivity index (χ1v) is 3.50. The molecule has 0 N–H and O–H groups in total. The van der Waals surface area contributed by atoms with E-state index >= 15 is 0 Å². The van der Waals surface area contributed by atoms with Crippen molar-refractivity contribution in [1.29, 1.82) is 5.26 Å². The summed E-state index contributed by atoms with van der Waals surface area (Å²) >= 11 is 8.56. The van der Waals surface area contributed by atoms with E-state index in [0.717, 1.165) is 0 Å². The van der Waals surface area contributed by atoms with Gasteiger partial charge in [0.1, 0.15) is 6.07 Å². The zero-order valence-corrected chi connectivity index (χ0v) is 7.02. The highest BCUT2D eigenvalue weighted by molar-refractivity contribution is 9.10. The van der Waals surface area contributed by atoms with E-state index in [1.165, 1.54) is 6.07 Å². The smallest absolute Gasteiger partial charge is 0.177 e. The molecule has 0 bridgehead atoms. The standard InChI is InChI=1S/C5HBrClN3/c6-3-1-5(7)10-9-4(3)2-8/h1H. The van der Waals surface area contributed by atoms with E-state index in [-0.39, 0.29) is 10.8 Å². The molecule has 3 nitrogen and oxygen atoms in total. The van der Waals surface area contributed by atoms with Gasteiger partial charge in [-0.2, -0.15) is 5.26 Å². The molecule has 1 aromatic rings. The van der Waals surface area contributed by atoms with Crippen LogP contribution in [0, 0.1) is 11.3 Å². The van der Waals surface area contributed by atoms with Crippen LogP contribution in [-0.2, 0) is 0 Å². The van der Waals surface area contributed by atoms with Crippen LogP contribution in [-0.4, -0.2) is 10.2 Å². The summed E-state index contributed by atoms with van der Waals surface area (Å²) in [6, 6.07) is 3.36. The van der Waals surface area contributed by atoms with Gasteiger partial charge in [-0.05, 0) is 22.0 Å². The number of hydrogen-bond donors (Lipinski definition) is 0. The molecule has 0 unspecified atom stereocenters. The number of halogens is 2. The van der Waals surface area contributed by atoms with Gasteiger partial charge in [0.05, 0.1) is 4.47 Å². The Bertz CT molecular complexity index is 293. The number of aromatic nitrogens is 2. The highest BCUT2D eigenvalue weighted by atomic mass is 79.9. The lowest BCUT2D eigenvalue weighted by molar-refractivity contribution is 1.00. The molecule has 10 heavy (non-hydrogen) atoms. The molecule has 0 fully saturated rings. The minimum atomic E-state index is 0.240. The molecular weight excluding hydrogens is 217 g/mol. The Kier molecular flexibility index (Phi) is 2.20. The Balaban J connectivity index is 3.23. The molecule has 50 valence electrons. The van der Waals surface area contributed by atoms with Crippen molar-refractivity contribution in [3.05, 3.63) is 21.4 Å². The van der Waals surface area contributed by atoms with Crippen LogP contribution in [0.1, 0.15) is 5.69 Å². The van der Waals surface area contributed by atoms with Crippen molar-refractivity contribution in [3.8, 4) is 6.07 Å². The summed E-state index contributed by atoms with van der Waals surface area (Å²) in [5.41, 5.74) is 0.240. The highest BCUT2D eigenvalue weighted by Gasteiger charge is 2.00. The third-order valence-electron chi connectivity index (χ3n) is 0.823. The van der Waals surface area contributed by atoms with Crippen LogP contribution >= 0.6 is 27.5 Å². The lowest BCUT2D eigenvalue weighted by Crippen LogP contribution is -1.88. The third kappa shape index (κ3) is 1.43. The van der Waals surface area contributed by atoms with Crippen LogP contribution in [0.2, 0.25) is 5.15 Å². The molecule has 0 amide bonds. The molecule has 0 radical (unpaired) electrons. The Morgan fingerprint density at radius 2 is 2.30 bits per heavy atom. The molecule has 1 heterocycles. The molecule has 0 spiro atoms. The van der Waals surface area contributed by atoms with Crippen molar-refractivity contribution in [2.24, 2.45) is 0 Å².